The number of phenolic OH excluding ortho intramolecular Hbond substituents is 1. The fourth-order valence-electron chi connectivity index (χ4n) is 1.65. The summed E-state index contributed by atoms with van der Waals surface area (Å²) in [6.45, 7) is 0.166. The van der Waals surface area contributed by atoms with Gasteiger partial charge in [0.25, 0.3) is 0 Å². The molecule has 21 heavy (non-hydrogen) atoms. The molecule has 2 N–H and O–H groups in total. The molecule has 0 aliphatic carbocycles. The summed E-state index contributed by atoms with van der Waals surface area (Å²) in [5, 5.41) is 22.5. The van der Waals surface area contributed by atoms with E-state index in [9.17, 15) is 24.6 Å². The second-order valence-electron chi connectivity index (χ2n) is 4.35. The Hall–Kier alpha value is -2.57. The third kappa shape index (κ3) is 5.52. The second-order valence-corrected chi connectivity index (χ2v) is 4.35. The van der Waals surface area contributed by atoms with Crippen molar-refractivity contribution in [2.75, 3.05) is 7.11 Å². The smallest absolute Gasteiger partial charge is 0.341 e. The normalized spacial score (nSPS) is 9.95. The number of esters is 1. The zero-order chi connectivity index (χ0) is 15.8. The van der Waals surface area contributed by atoms with Crippen LogP contribution in [0.2, 0.25) is 0 Å². The minimum atomic E-state index is -1.19. The highest BCUT2D eigenvalue weighted by Gasteiger charge is 2.11. The predicted molar refractivity (Wildman–Crippen MR) is 70.2 cm³/mol. The Kier molecular flexibility index (Phi) is 6.19. The molecule has 1 aromatic rings. The van der Waals surface area contributed by atoms with Gasteiger partial charge in [-0.25, -0.2) is 4.79 Å². The van der Waals surface area contributed by atoms with Crippen molar-refractivity contribution in [3.8, 4) is 5.75 Å². The van der Waals surface area contributed by atoms with Gasteiger partial charge in [0.1, 0.15) is 11.3 Å². The predicted octanol–water partition coefficient (Wildman–Crippen LogP) is -0.285. The summed E-state index contributed by atoms with van der Waals surface area (Å²) in [4.78, 5) is 32.9. The Morgan fingerprint density at radius 2 is 2.00 bits per heavy atom. The zero-order valence-corrected chi connectivity index (χ0v) is 11.5. The molecule has 0 fully saturated rings. The van der Waals surface area contributed by atoms with Crippen LogP contribution >= 0.6 is 0 Å². The number of aliphatic carboxylic acids is 1. The van der Waals surface area contributed by atoms with Crippen molar-refractivity contribution in [3.05, 3.63) is 29.3 Å². The largest absolute Gasteiger partial charge is 0.550 e. The zero-order valence-electron chi connectivity index (χ0n) is 11.5. The van der Waals surface area contributed by atoms with E-state index in [1.165, 1.54) is 19.2 Å². The number of carboxylic acid groups (broad SMARTS) is 1. The number of benzene rings is 1. The van der Waals surface area contributed by atoms with Crippen molar-refractivity contribution in [2.24, 2.45) is 0 Å². The van der Waals surface area contributed by atoms with Gasteiger partial charge in [-0.1, -0.05) is 6.07 Å². The highest BCUT2D eigenvalue weighted by Crippen LogP contribution is 2.19. The SMILES string of the molecule is COC(=O)c1ccc(CNC(=O)CCCC(=O)[O-])cc1O. The summed E-state index contributed by atoms with van der Waals surface area (Å²) in [5.41, 5.74) is 0.648. The lowest BCUT2D eigenvalue weighted by atomic mass is 10.1. The van der Waals surface area contributed by atoms with E-state index in [0.717, 1.165) is 0 Å². The summed E-state index contributed by atoms with van der Waals surface area (Å²) in [7, 11) is 1.21. The number of carbonyl (C=O) groups is 3. The highest BCUT2D eigenvalue weighted by molar-refractivity contribution is 5.92. The number of aromatic hydroxyl groups is 1. The van der Waals surface area contributed by atoms with Crippen molar-refractivity contribution in [3.63, 3.8) is 0 Å². The first-order chi connectivity index (χ1) is 9.93. The molecule has 1 amide bonds. The monoisotopic (exact) mass is 294 g/mol. The quantitative estimate of drug-likeness (QED) is 0.668. The van der Waals surface area contributed by atoms with E-state index < -0.39 is 11.9 Å². The summed E-state index contributed by atoms with van der Waals surface area (Å²) in [6.07, 6.45) is 0.128. The summed E-state index contributed by atoms with van der Waals surface area (Å²) >= 11 is 0. The van der Waals surface area contributed by atoms with Gasteiger partial charge in [-0.05, 0) is 30.5 Å². The van der Waals surface area contributed by atoms with Crippen LogP contribution in [0.4, 0.5) is 0 Å². The molecule has 114 valence electrons. The van der Waals surface area contributed by atoms with Crippen molar-refractivity contribution in [1.82, 2.24) is 5.32 Å². The lowest BCUT2D eigenvalue weighted by molar-refractivity contribution is -0.305. The standard InChI is InChI=1S/C14H17NO6/c1-21-14(20)10-6-5-9(7-11(10)16)8-15-12(17)3-2-4-13(18)19/h5-7,16H,2-4,8H2,1H3,(H,15,17)(H,18,19)/p-1. The Balaban J connectivity index is 2.49. The maximum Gasteiger partial charge on any atom is 0.341 e. The first kappa shape index (κ1) is 16.5. The molecule has 7 nitrogen and oxygen atoms in total. The van der Waals surface area contributed by atoms with E-state index in [2.05, 4.69) is 10.1 Å². The molecule has 1 aromatic carbocycles. The molecule has 0 aliphatic rings. The molecule has 0 aromatic heterocycles. The number of ether oxygens (including phenoxy) is 1. The van der Waals surface area contributed by atoms with Crippen LogP contribution in [0.3, 0.4) is 0 Å². The molecule has 0 unspecified atom stereocenters. The van der Waals surface area contributed by atoms with Crippen LogP contribution in [-0.2, 0) is 20.9 Å². The van der Waals surface area contributed by atoms with Crippen molar-refractivity contribution in [2.45, 2.75) is 25.8 Å². The van der Waals surface area contributed by atoms with Crippen LogP contribution < -0.4 is 10.4 Å². The summed E-state index contributed by atoms with van der Waals surface area (Å²) < 4.78 is 4.50. The van der Waals surface area contributed by atoms with Gasteiger partial charge in [0.2, 0.25) is 5.91 Å². The minimum Gasteiger partial charge on any atom is -0.550 e. The molecular formula is C14H16NO6-. The molecule has 0 heterocycles. The molecule has 0 atom stereocenters. The first-order valence-electron chi connectivity index (χ1n) is 6.30. The van der Waals surface area contributed by atoms with Gasteiger partial charge in [0.05, 0.1) is 7.11 Å². The lowest BCUT2D eigenvalue weighted by Gasteiger charge is -2.08. The van der Waals surface area contributed by atoms with E-state index in [-0.39, 0.29) is 43.0 Å². The van der Waals surface area contributed by atoms with Gasteiger partial charge in [-0.3, -0.25) is 4.79 Å². The van der Waals surface area contributed by atoms with Gasteiger partial charge in [-0.15, -0.1) is 0 Å². The van der Waals surface area contributed by atoms with Crippen molar-refractivity contribution < 1.29 is 29.3 Å². The lowest BCUT2D eigenvalue weighted by Crippen LogP contribution is -2.25. The van der Waals surface area contributed by atoms with Gasteiger partial charge in [-0.2, -0.15) is 0 Å². The number of methoxy groups -OCH3 is 1. The van der Waals surface area contributed by atoms with E-state index in [1.807, 2.05) is 0 Å². The van der Waals surface area contributed by atoms with E-state index in [4.69, 9.17) is 0 Å². The number of phenols is 1. The van der Waals surface area contributed by atoms with Crippen LogP contribution in [-0.4, -0.2) is 30.1 Å². The topological polar surface area (TPSA) is 116 Å². The molecule has 0 saturated heterocycles. The van der Waals surface area contributed by atoms with Crippen LogP contribution in [0, 0.1) is 0 Å². The average molecular weight is 294 g/mol. The van der Waals surface area contributed by atoms with Crippen LogP contribution in [0.15, 0.2) is 18.2 Å². The number of hydrogen-bond acceptors (Lipinski definition) is 6. The minimum absolute atomic E-state index is 0.0431. The van der Waals surface area contributed by atoms with Crippen LogP contribution in [0.25, 0.3) is 0 Å². The fourth-order valence-corrected chi connectivity index (χ4v) is 1.65. The summed E-state index contributed by atoms with van der Waals surface area (Å²) in [6, 6.07) is 4.33. The van der Waals surface area contributed by atoms with E-state index >= 15 is 0 Å². The molecule has 0 radical (unpaired) electrons. The third-order valence-electron chi connectivity index (χ3n) is 2.74. The molecule has 7 heteroatoms. The third-order valence-corrected chi connectivity index (χ3v) is 2.74. The molecule has 1 rings (SSSR count). The molecular weight excluding hydrogens is 278 g/mol. The highest BCUT2D eigenvalue weighted by atomic mass is 16.5. The van der Waals surface area contributed by atoms with Crippen LogP contribution in [0.5, 0.6) is 5.75 Å². The van der Waals surface area contributed by atoms with Crippen molar-refractivity contribution >= 4 is 17.8 Å². The van der Waals surface area contributed by atoms with Crippen molar-refractivity contribution in [1.29, 1.82) is 0 Å². The number of nitrogens with one attached hydrogen (secondary N) is 1. The van der Waals surface area contributed by atoms with Crippen LogP contribution in [0.1, 0.15) is 35.2 Å². The summed E-state index contributed by atoms with van der Waals surface area (Å²) in [5.74, 6) is -2.37. The number of hydrogen-bond donors (Lipinski definition) is 2. The number of carboxylic acids is 1. The Morgan fingerprint density at radius 1 is 1.29 bits per heavy atom. The number of carbonyl (C=O) groups excluding carboxylic acids is 3. The van der Waals surface area contributed by atoms with Gasteiger partial charge in [0.15, 0.2) is 0 Å². The Labute approximate surface area is 121 Å². The van der Waals surface area contributed by atoms with E-state index in [1.54, 1.807) is 6.07 Å². The maximum atomic E-state index is 11.4. The van der Waals surface area contributed by atoms with E-state index in [0.29, 0.717) is 5.56 Å². The Morgan fingerprint density at radius 3 is 2.57 bits per heavy atom. The molecule has 0 bridgehead atoms. The first-order valence-corrected chi connectivity index (χ1v) is 6.30. The average Bonchev–Trinajstić information content (AvgIpc) is 2.44. The maximum absolute atomic E-state index is 11.4. The molecule has 0 spiro atoms. The Bertz CT molecular complexity index is 540. The fraction of sp³-hybridized carbons (Fsp3) is 0.357. The second kappa shape index (κ2) is 7.88. The van der Waals surface area contributed by atoms with Gasteiger partial charge >= 0.3 is 5.97 Å². The number of amides is 1. The molecule has 0 aliphatic heterocycles. The van der Waals surface area contributed by atoms with Gasteiger partial charge < -0.3 is 25.1 Å². The number of rotatable bonds is 7. The molecule has 0 saturated carbocycles. The van der Waals surface area contributed by atoms with Gasteiger partial charge in [0, 0.05) is 18.9 Å².